The molecule has 0 amide bonds. The van der Waals surface area contributed by atoms with E-state index in [4.69, 9.17) is 4.74 Å². The largest absolute Gasteiger partial charge is 0.488 e. The number of halogens is 1. The standard InChI is InChI=1S/C14H22FNO/c1-5-8-16-11(4)12-6-7-14(13(15)9-12)17-10(2)3/h6-7,9-11,16H,5,8H2,1-4H3/t11-/m1/s1. The molecule has 0 radical (unpaired) electrons. The van der Waals surface area contributed by atoms with Gasteiger partial charge in [-0.05, 0) is 51.4 Å². The van der Waals surface area contributed by atoms with Gasteiger partial charge in [0.1, 0.15) is 0 Å². The van der Waals surface area contributed by atoms with Crippen LogP contribution in [0.2, 0.25) is 0 Å². The summed E-state index contributed by atoms with van der Waals surface area (Å²) in [4.78, 5) is 0. The zero-order valence-corrected chi connectivity index (χ0v) is 11.1. The second-order valence-corrected chi connectivity index (χ2v) is 4.53. The van der Waals surface area contributed by atoms with Crippen LogP contribution in [0.4, 0.5) is 4.39 Å². The van der Waals surface area contributed by atoms with E-state index in [0.717, 1.165) is 18.5 Å². The van der Waals surface area contributed by atoms with Crippen molar-refractivity contribution in [1.29, 1.82) is 0 Å². The number of hydrogen-bond donors (Lipinski definition) is 1. The highest BCUT2D eigenvalue weighted by Gasteiger charge is 2.10. The fraction of sp³-hybridized carbons (Fsp3) is 0.571. The molecule has 3 heteroatoms. The summed E-state index contributed by atoms with van der Waals surface area (Å²) in [7, 11) is 0. The molecule has 0 aromatic heterocycles. The second-order valence-electron chi connectivity index (χ2n) is 4.53. The molecular weight excluding hydrogens is 217 g/mol. The summed E-state index contributed by atoms with van der Waals surface area (Å²) in [5.74, 6) is 0.0350. The molecule has 1 N–H and O–H groups in total. The quantitative estimate of drug-likeness (QED) is 0.817. The SMILES string of the molecule is CCCN[C@H](C)c1ccc(OC(C)C)c(F)c1. The number of nitrogens with one attached hydrogen (secondary N) is 1. The first kappa shape index (κ1) is 14.0. The molecule has 0 unspecified atom stereocenters. The van der Waals surface area contributed by atoms with Gasteiger partial charge in [0.15, 0.2) is 11.6 Å². The molecule has 0 spiro atoms. The molecule has 0 aliphatic heterocycles. The Balaban J connectivity index is 2.73. The van der Waals surface area contributed by atoms with E-state index >= 15 is 0 Å². The molecule has 1 aromatic rings. The van der Waals surface area contributed by atoms with Crippen molar-refractivity contribution in [2.75, 3.05) is 6.54 Å². The third-order valence-corrected chi connectivity index (χ3v) is 2.52. The maximum absolute atomic E-state index is 13.7. The number of rotatable bonds is 6. The van der Waals surface area contributed by atoms with Crippen molar-refractivity contribution in [3.8, 4) is 5.75 Å². The molecule has 2 nitrogen and oxygen atoms in total. The normalized spacial score (nSPS) is 12.8. The molecule has 1 atom stereocenters. The average molecular weight is 239 g/mol. The fourth-order valence-corrected chi connectivity index (χ4v) is 1.61. The van der Waals surface area contributed by atoms with Crippen molar-refractivity contribution in [1.82, 2.24) is 5.32 Å². The van der Waals surface area contributed by atoms with Gasteiger partial charge < -0.3 is 10.1 Å². The van der Waals surface area contributed by atoms with Gasteiger partial charge in [-0.15, -0.1) is 0 Å². The van der Waals surface area contributed by atoms with E-state index in [-0.39, 0.29) is 18.0 Å². The summed E-state index contributed by atoms with van der Waals surface area (Å²) in [6.07, 6.45) is 1.06. The Morgan fingerprint density at radius 2 is 2.00 bits per heavy atom. The van der Waals surface area contributed by atoms with Crippen LogP contribution in [0.3, 0.4) is 0 Å². The second kappa shape index (κ2) is 6.60. The van der Waals surface area contributed by atoms with Crippen molar-refractivity contribution >= 4 is 0 Å². The first-order valence-corrected chi connectivity index (χ1v) is 6.24. The van der Waals surface area contributed by atoms with E-state index in [9.17, 15) is 4.39 Å². The summed E-state index contributed by atoms with van der Waals surface area (Å²) < 4.78 is 19.1. The third-order valence-electron chi connectivity index (χ3n) is 2.52. The van der Waals surface area contributed by atoms with E-state index in [1.807, 2.05) is 26.8 Å². The van der Waals surface area contributed by atoms with Crippen LogP contribution in [0.1, 0.15) is 45.7 Å². The molecule has 0 aliphatic carbocycles. The molecule has 0 bridgehead atoms. The van der Waals surface area contributed by atoms with Gasteiger partial charge in [-0.1, -0.05) is 13.0 Å². The highest BCUT2D eigenvalue weighted by Crippen LogP contribution is 2.22. The predicted octanol–water partition coefficient (Wildman–Crippen LogP) is 3.67. The summed E-state index contributed by atoms with van der Waals surface area (Å²) in [6.45, 7) is 8.86. The van der Waals surface area contributed by atoms with E-state index in [2.05, 4.69) is 12.2 Å². The molecule has 0 saturated carbocycles. The lowest BCUT2D eigenvalue weighted by Gasteiger charge is -2.16. The maximum atomic E-state index is 13.7. The summed E-state index contributed by atoms with van der Waals surface area (Å²) in [5.41, 5.74) is 0.951. The van der Waals surface area contributed by atoms with Gasteiger partial charge in [-0.2, -0.15) is 0 Å². The van der Waals surface area contributed by atoms with Crippen LogP contribution >= 0.6 is 0 Å². The summed E-state index contributed by atoms with van der Waals surface area (Å²) in [6, 6.07) is 5.33. The average Bonchev–Trinajstić information content (AvgIpc) is 2.28. The lowest BCUT2D eigenvalue weighted by atomic mass is 10.1. The van der Waals surface area contributed by atoms with Crippen molar-refractivity contribution in [3.05, 3.63) is 29.6 Å². The maximum Gasteiger partial charge on any atom is 0.165 e. The Hall–Kier alpha value is -1.09. The smallest absolute Gasteiger partial charge is 0.165 e. The molecule has 1 rings (SSSR count). The molecule has 0 heterocycles. The van der Waals surface area contributed by atoms with Gasteiger partial charge in [0.25, 0.3) is 0 Å². The minimum atomic E-state index is -0.290. The van der Waals surface area contributed by atoms with Crippen LogP contribution in [0, 0.1) is 5.82 Å². The van der Waals surface area contributed by atoms with Crippen LogP contribution in [-0.4, -0.2) is 12.6 Å². The van der Waals surface area contributed by atoms with Crippen LogP contribution in [0.15, 0.2) is 18.2 Å². The van der Waals surface area contributed by atoms with Gasteiger partial charge in [-0.25, -0.2) is 4.39 Å². The van der Waals surface area contributed by atoms with Gasteiger partial charge in [0, 0.05) is 6.04 Å². The molecule has 17 heavy (non-hydrogen) atoms. The Labute approximate surface area is 103 Å². The number of ether oxygens (including phenoxy) is 1. The highest BCUT2D eigenvalue weighted by molar-refractivity contribution is 5.31. The lowest BCUT2D eigenvalue weighted by Crippen LogP contribution is -2.19. The van der Waals surface area contributed by atoms with Gasteiger partial charge in [-0.3, -0.25) is 0 Å². The molecule has 1 aromatic carbocycles. The van der Waals surface area contributed by atoms with Crippen LogP contribution in [0.5, 0.6) is 5.75 Å². The van der Waals surface area contributed by atoms with E-state index in [0.29, 0.717) is 5.75 Å². The van der Waals surface area contributed by atoms with E-state index in [1.165, 1.54) is 0 Å². The van der Waals surface area contributed by atoms with E-state index in [1.54, 1.807) is 12.1 Å². The predicted molar refractivity (Wildman–Crippen MR) is 68.9 cm³/mol. The molecule has 0 saturated heterocycles. The Morgan fingerprint density at radius 3 is 2.53 bits per heavy atom. The molecule has 0 aliphatic rings. The third kappa shape index (κ3) is 4.35. The van der Waals surface area contributed by atoms with Gasteiger partial charge in [0.2, 0.25) is 0 Å². The number of benzene rings is 1. The first-order chi connectivity index (χ1) is 8.04. The lowest BCUT2D eigenvalue weighted by molar-refractivity contribution is 0.231. The number of hydrogen-bond acceptors (Lipinski definition) is 2. The minimum absolute atomic E-state index is 0.00834. The van der Waals surface area contributed by atoms with Crippen LogP contribution in [0.25, 0.3) is 0 Å². The Bertz CT molecular complexity index is 352. The fourth-order valence-electron chi connectivity index (χ4n) is 1.61. The Kier molecular flexibility index (Phi) is 5.42. The summed E-state index contributed by atoms with van der Waals surface area (Å²) >= 11 is 0. The van der Waals surface area contributed by atoms with Crippen molar-refractivity contribution in [2.24, 2.45) is 0 Å². The van der Waals surface area contributed by atoms with Crippen molar-refractivity contribution in [3.63, 3.8) is 0 Å². The highest BCUT2D eigenvalue weighted by atomic mass is 19.1. The first-order valence-electron chi connectivity index (χ1n) is 6.24. The van der Waals surface area contributed by atoms with Gasteiger partial charge >= 0.3 is 0 Å². The van der Waals surface area contributed by atoms with Crippen molar-refractivity contribution < 1.29 is 9.13 Å². The van der Waals surface area contributed by atoms with Gasteiger partial charge in [0.05, 0.1) is 6.10 Å². The monoisotopic (exact) mass is 239 g/mol. The molecular formula is C14H22FNO. The van der Waals surface area contributed by atoms with Crippen molar-refractivity contribution in [2.45, 2.75) is 46.3 Å². The minimum Gasteiger partial charge on any atom is -0.488 e. The zero-order chi connectivity index (χ0) is 12.8. The molecule has 0 fully saturated rings. The van der Waals surface area contributed by atoms with Crippen LogP contribution < -0.4 is 10.1 Å². The topological polar surface area (TPSA) is 21.3 Å². The molecule has 96 valence electrons. The Morgan fingerprint density at radius 1 is 1.29 bits per heavy atom. The summed E-state index contributed by atoms with van der Waals surface area (Å²) in [5, 5.41) is 3.33. The van der Waals surface area contributed by atoms with Crippen LogP contribution in [-0.2, 0) is 0 Å². The zero-order valence-electron chi connectivity index (χ0n) is 11.1. The van der Waals surface area contributed by atoms with E-state index < -0.39 is 0 Å².